The molecule has 21 heavy (non-hydrogen) atoms. The first-order valence-corrected chi connectivity index (χ1v) is 8.16. The van der Waals surface area contributed by atoms with Crippen molar-refractivity contribution in [3.63, 3.8) is 0 Å². The third-order valence-corrected chi connectivity index (χ3v) is 2.98. The van der Waals surface area contributed by atoms with Gasteiger partial charge in [0.05, 0.1) is 13.2 Å². The Hall–Kier alpha value is -0.810. The van der Waals surface area contributed by atoms with Gasteiger partial charge in [-0.2, -0.15) is 0 Å². The molecule has 0 bridgehead atoms. The highest BCUT2D eigenvalue weighted by atomic mass is 16.5. The summed E-state index contributed by atoms with van der Waals surface area (Å²) in [5.41, 5.74) is 0. The molecule has 0 aliphatic carbocycles. The zero-order chi connectivity index (χ0) is 15.9. The van der Waals surface area contributed by atoms with Crippen molar-refractivity contribution >= 4 is 5.96 Å². The predicted molar refractivity (Wildman–Crippen MR) is 89.9 cm³/mol. The van der Waals surface area contributed by atoms with E-state index in [2.05, 4.69) is 43.3 Å². The zero-order valence-corrected chi connectivity index (χ0v) is 14.6. The van der Waals surface area contributed by atoms with Crippen LogP contribution in [-0.2, 0) is 9.47 Å². The molecule has 0 aromatic heterocycles. The average Bonchev–Trinajstić information content (AvgIpc) is 2.43. The van der Waals surface area contributed by atoms with E-state index in [0.717, 1.165) is 45.1 Å². The number of guanidine groups is 1. The van der Waals surface area contributed by atoms with Crippen molar-refractivity contribution in [1.29, 1.82) is 0 Å². The molecule has 0 fully saturated rings. The lowest BCUT2D eigenvalue weighted by Gasteiger charge is -2.13. The van der Waals surface area contributed by atoms with Crippen molar-refractivity contribution in [2.45, 2.75) is 40.5 Å². The van der Waals surface area contributed by atoms with E-state index in [1.165, 1.54) is 0 Å². The smallest absolute Gasteiger partial charge is 0.191 e. The molecule has 5 heteroatoms. The first-order valence-electron chi connectivity index (χ1n) is 8.16. The van der Waals surface area contributed by atoms with Gasteiger partial charge in [-0.1, -0.05) is 27.7 Å². The number of rotatable bonds is 12. The average molecular weight is 301 g/mol. The van der Waals surface area contributed by atoms with Crippen LogP contribution < -0.4 is 10.6 Å². The Bertz CT molecular complexity index is 234. The fraction of sp³-hybridized carbons (Fsp3) is 0.938. The van der Waals surface area contributed by atoms with Crippen LogP contribution in [-0.4, -0.2) is 52.5 Å². The van der Waals surface area contributed by atoms with Gasteiger partial charge in [0.1, 0.15) is 0 Å². The van der Waals surface area contributed by atoms with Gasteiger partial charge in [-0.3, -0.25) is 4.99 Å². The van der Waals surface area contributed by atoms with Gasteiger partial charge in [0, 0.05) is 33.4 Å². The maximum atomic E-state index is 5.55. The topological polar surface area (TPSA) is 54.9 Å². The number of ether oxygens (including phenoxy) is 2. The summed E-state index contributed by atoms with van der Waals surface area (Å²) in [4.78, 5) is 4.16. The van der Waals surface area contributed by atoms with Crippen LogP contribution >= 0.6 is 0 Å². The van der Waals surface area contributed by atoms with E-state index < -0.39 is 0 Å². The normalized spacial score (nSPS) is 11.0. The molecule has 0 saturated heterocycles. The highest BCUT2D eigenvalue weighted by Gasteiger charge is 1.98. The van der Waals surface area contributed by atoms with Crippen LogP contribution in [0.5, 0.6) is 0 Å². The van der Waals surface area contributed by atoms with E-state index in [-0.39, 0.29) is 0 Å². The fourth-order valence-electron chi connectivity index (χ4n) is 1.55. The summed E-state index contributed by atoms with van der Waals surface area (Å²) >= 11 is 0. The Morgan fingerprint density at radius 3 is 1.57 bits per heavy atom. The molecule has 0 aromatic rings. The Kier molecular flexibility index (Phi) is 13.6. The van der Waals surface area contributed by atoms with Crippen LogP contribution in [0.3, 0.4) is 0 Å². The van der Waals surface area contributed by atoms with Crippen LogP contribution in [0.1, 0.15) is 40.5 Å². The van der Waals surface area contributed by atoms with Crippen molar-refractivity contribution in [2.75, 3.05) is 46.6 Å². The van der Waals surface area contributed by atoms with Gasteiger partial charge in [-0.15, -0.1) is 0 Å². The number of hydrogen-bond acceptors (Lipinski definition) is 3. The lowest BCUT2D eigenvalue weighted by atomic mass is 10.1. The van der Waals surface area contributed by atoms with Gasteiger partial charge >= 0.3 is 0 Å². The van der Waals surface area contributed by atoms with E-state index in [4.69, 9.17) is 9.47 Å². The third-order valence-electron chi connectivity index (χ3n) is 2.98. The monoisotopic (exact) mass is 301 g/mol. The lowest BCUT2D eigenvalue weighted by molar-refractivity contribution is 0.126. The minimum absolute atomic E-state index is 0.697. The molecule has 0 rings (SSSR count). The van der Waals surface area contributed by atoms with Crippen LogP contribution in [0, 0.1) is 11.8 Å². The first-order chi connectivity index (χ1) is 10.1. The quantitative estimate of drug-likeness (QED) is 0.330. The second-order valence-corrected chi connectivity index (χ2v) is 6.02. The molecule has 0 saturated carbocycles. The van der Waals surface area contributed by atoms with Crippen molar-refractivity contribution in [1.82, 2.24) is 10.6 Å². The lowest BCUT2D eigenvalue weighted by Crippen LogP contribution is -2.40. The highest BCUT2D eigenvalue weighted by Crippen LogP contribution is 1.98. The van der Waals surface area contributed by atoms with Gasteiger partial charge in [0.15, 0.2) is 5.96 Å². The maximum Gasteiger partial charge on any atom is 0.191 e. The largest absolute Gasteiger partial charge is 0.380 e. The number of nitrogens with one attached hydrogen (secondary N) is 2. The zero-order valence-electron chi connectivity index (χ0n) is 14.6. The summed E-state index contributed by atoms with van der Waals surface area (Å²) in [6.07, 6.45) is 2.22. The molecule has 0 unspecified atom stereocenters. The SMILES string of the molecule is CN=C(NCCOCCC(C)C)NCCOCCC(C)C. The molecule has 0 aliphatic heterocycles. The number of nitrogens with zero attached hydrogens (tertiary/aromatic N) is 1. The minimum atomic E-state index is 0.697. The standard InChI is InChI=1S/C16H35N3O2/c1-14(2)6-10-20-12-8-18-16(17-5)19-9-13-21-11-7-15(3)4/h14-15H,6-13H2,1-5H3,(H2,17,18,19). The number of aliphatic imine (C=N–C) groups is 1. The van der Waals surface area contributed by atoms with Gasteiger partial charge in [-0.25, -0.2) is 0 Å². The van der Waals surface area contributed by atoms with E-state index in [1.807, 2.05) is 0 Å². The van der Waals surface area contributed by atoms with E-state index in [9.17, 15) is 0 Å². The predicted octanol–water partition coefficient (Wildman–Crippen LogP) is 2.28. The molecule has 0 aliphatic rings. The molecule has 2 N–H and O–H groups in total. The van der Waals surface area contributed by atoms with Crippen LogP contribution in [0.4, 0.5) is 0 Å². The molecule has 0 atom stereocenters. The first kappa shape index (κ1) is 20.2. The van der Waals surface area contributed by atoms with E-state index in [0.29, 0.717) is 25.0 Å². The molecule has 0 aromatic carbocycles. The Balaban J connectivity index is 3.42. The van der Waals surface area contributed by atoms with E-state index in [1.54, 1.807) is 7.05 Å². The second-order valence-electron chi connectivity index (χ2n) is 6.02. The minimum Gasteiger partial charge on any atom is -0.380 e. The Morgan fingerprint density at radius 2 is 1.24 bits per heavy atom. The fourth-order valence-corrected chi connectivity index (χ4v) is 1.55. The summed E-state index contributed by atoms with van der Waals surface area (Å²) < 4.78 is 11.1. The molecule has 126 valence electrons. The van der Waals surface area contributed by atoms with Crippen LogP contribution in [0.25, 0.3) is 0 Å². The number of hydrogen-bond donors (Lipinski definition) is 2. The molecule has 5 nitrogen and oxygen atoms in total. The molecule has 0 spiro atoms. The maximum absolute atomic E-state index is 5.55. The third kappa shape index (κ3) is 15.4. The summed E-state index contributed by atoms with van der Waals surface area (Å²) in [5.74, 6) is 2.20. The van der Waals surface area contributed by atoms with Gasteiger partial charge in [0.2, 0.25) is 0 Å². The van der Waals surface area contributed by atoms with Crippen molar-refractivity contribution in [3.8, 4) is 0 Å². The van der Waals surface area contributed by atoms with Gasteiger partial charge in [0.25, 0.3) is 0 Å². The van der Waals surface area contributed by atoms with Gasteiger partial charge < -0.3 is 20.1 Å². The molecular weight excluding hydrogens is 266 g/mol. The highest BCUT2D eigenvalue weighted by molar-refractivity contribution is 5.79. The summed E-state index contributed by atoms with van der Waals surface area (Å²) in [5, 5.41) is 6.45. The molecule has 0 amide bonds. The van der Waals surface area contributed by atoms with Crippen molar-refractivity contribution < 1.29 is 9.47 Å². The van der Waals surface area contributed by atoms with Crippen molar-refractivity contribution in [3.05, 3.63) is 0 Å². The Labute approximate surface area is 130 Å². The molecule has 0 radical (unpaired) electrons. The molecule has 0 heterocycles. The van der Waals surface area contributed by atoms with Gasteiger partial charge in [-0.05, 0) is 24.7 Å². The van der Waals surface area contributed by atoms with Crippen LogP contribution in [0.2, 0.25) is 0 Å². The molecular formula is C16H35N3O2. The van der Waals surface area contributed by atoms with E-state index >= 15 is 0 Å². The summed E-state index contributed by atoms with van der Waals surface area (Å²) in [6, 6.07) is 0. The van der Waals surface area contributed by atoms with Crippen molar-refractivity contribution in [2.24, 2.45) is 16.8 Å². The summed E-state index contributed by atoms with van der Waals surface area (Å²) in [7, 11) is 1.77. The Morgan fingerprint density at radius 1 is 0.810 bits per heavy atom. The van der Waals surface area contributed by atoms with Crippen LogP contribution in [0.15, 0.2) is 4.99 Å². The second kappa shape index (κ2) is 14.1. The summed E-state index contributed by atoms with van der Waals surface area (Å²) in [6.45, 7) is 13.4.